The Kier molecular flexibility index (Phi) is 6.70. The highest BCUT2D eigenvalue weighted by Gasteiger charge is 2.33. The monoisotopic (exact) mass is 397 g/mol. The molecule has 2 aliphatic rings. The van der Waals surface area contributed by atoms with Crippen molar-refractivity contribution in [1.82, 2.24) is 14.7 Å². The van der Waals surface area contributed by atoms with Gasteiger partial charge in [-0.15, -0.1) is 0 Å². The van der Waals surface area contributed by atoms with Gasteiger partial charge in [0.15, 0.2) is 0 Å². The molecule has 2 saturated heterocycles. The van der Waals surface area contributed by atoms with E-state index in [0.29, 0.717) is 12.1 Å². The van der Waals surface area contributed by atoms with Crippen molar-refractivity contribution in [2.24, 2.45) is 0 Å². The number of piperazine rings is 1. The Morgan fingerprint density at radius 1 is 1.03 bits per heavy atom. The van der Waals surface area contributed by atoms with Crippen molar-refractivity contribution in [1.29, 1.82) is 0 Å². The minimum atomic E-state index is 0.263. The first-order valence-electron chi connectivity index (χ1n) is 11.0. The fourth-order valence-corrected chi connectivity index (χ4v) is 5.18. The van der Waals surface area contributed by atoms with Crippen LogP contribution in [0, 0.1) is 0 Å². The number of benzene rings is 2. The van der Waals surface area contributed by atoms with Gasteiger partial charge in [-0.05, 0) is 56.2 Å². The van der Waals surface area contributed by atoms with E-state index in [1.807, 2.05) is 0 Å². The van der Waals surface area contributed by atoms with Crippen LogP contribution in [0.3, 0.4) is 0 Å². The lowest BCUT2D eigenvalue weighted by Crippen LogP contribution is -2.58. The highest BCUT2D eigenvalue weighted by atomic mass is 16.5. The Balaban J connectivity index is 1.50. The number of hydrogen-bond donors (Lipinski definition) is 1. The normalized spacial score (nSPS) is 22.9. The van der Waals surface area contributed by atoms with E-state index < -0.39 is 0 Å². The van der Waals surface area contributed by atoms with E-state index in [0.717, 1.165) is 38.3 Å². The summed E-state index contributed by atoms with van der Waals surface area (Å²) in [6.45, 7) is 6.70. The number of likely N-dealkylation sites (tertiary alicyclic amines) is 1. The molecule has 2 aromatic carbocycles. The van der Waals surface area contributed by atoms with Crippen molar-refractivity contribution in [3.8, 4) is 5.75 Å². The van der Waals surface area contributed by atoms with Gasteiger partial charge in [0.05, 0.1) is 7.11 Å². The van der Waals surface area contributed by atoms with Gasteiger partial charge in [-0.2, -0.15) is 0 Å². The predicted molar refractivity (Wildman–Crippen MR) is 118 cm³/mol. The second-order valence-electron chi connectivity index (χ2n) is 8.64. The van der Waals surface area contributed by atoms with Crippen LogP contribution in [-0.2, 0) is 6.54 Å². The topological polar surface area (TPSA) is 39.2 Å². The van der Waals surface area contributed by atoms with Crippen LogP contribution in [0.4, 0.5) is 0 Å². The predicted octanol–water partition coefficient (Wildman–Crippen LogP) is 2.81. The molecule has 0 unspecified atom stereocenters. The standard InChI is InChI=1S/C24H35N3O2/c1-25-12-9-20(10-13-25)27-15-14-26(17-21(27)11-16-28)18-23-22-6-4-3-5-19(22)7-8-24(23)29-2/h3-8,20-21,28H,9-18H2,1-2H3/t21-/m0/s1. The van der Waals surface area contributed by atoms with E-state index in [1.165, 1.54) is 42.3 Å². The van der Waals surface area contributed by atoms with Crippen LogP contribution in [0.25, 0.3) is 10.8 Å². The maximum Gasteiger partial charge on any atom is 0.123 e. The van der Waals surface area contributed by atoms with Gasteiger partial charge in [0.25, 0.3) is 0 Å². The van der Waals surface area contributed by atoms with E-state index in [1.54, 1.807) is 7.11 Å². The van der Waals surface area contributed by atoms with E-state index in [-0.39, 0.29) is 6.61 Å². The van der Waals surface area contributed by atoms with E-state index in [4.69, 9.17) is 4.74 Å². The summed E-state index contributed by atoms with van der Waals surface area (Å²) in [5.74, 6) is 0.972. The molecule has 2 aliphatic heterocycles. The molecule has 0 bridgehead atoms. The van der Waals surface area contributed by atoms with Crippen molar-refractivity contribution in [2.45, 2.75) is 37.9 Å². The summed E-state index contributed by atoms with van der Waals surface area (Å²) in [5.41, 5.74) is 1.28. The second kappa shape index (κ2) is 9.43. The third kappa shape index (κ3) is 4.58. The van der Waals surface area contributed by atoms with Crippen LogP contribution < -0.4 is 4.74 Å². The van der Waals surface area contributed by atoms with Crippen LogP contribution in [-0.4, -0.2) is 85.4 Å². The number of fused-ring (bicyclic) bond motifs is 1. The molecule has 2 heterocycles. The Bertz CT molecular complexity index is 804. The first-order valence-corrected chi connectivity index (χ1v) is 11.0. The third-order valence-electron chi connectivity index (χ3n) is 6.83. The summed E-state index contributed by atoms with van der Waals surface area (Å²) in [5, 5.41) is 12.2. The van der Waals surface area contributed by atoms with Gasteiger partial charge < -0.3 is 14.7 Å². The van der Waals surface area contributed by atoms with Gasteiger partial charge >= 0.3 is 0 Å². The molecule has 5 nitrogen and oxygen atoms in total. The average Bonchev–Trinajstić information content (AvgIpc) is 2.75. The van der Waals surface area contributed by atoms with Crippen LogP contribution in [0.2, 0.25) is 0 Å². The van der Waals surface area contributed by atoms with Gasteiger partial charge in [0, 0.05) is 50.4 Å². The van der Waals surface area contributed by atoms with Gasteiger partial charge in [0.1, 0.15) is 5.75 Å². The number of nitrogens with zero attached hydrogens (tertiary/aromatic N) is 3. The Hall–Kier alpha value is -1.66. The number of hydrogen-bond acceptors (Lipinski definition) is 5. The summed E-state index contributed by atoms with van der Waals surface area (Å²) in [7, 11) is 3.98. The van der Waals surface area contributed by atoms with Crippen molar-refractivity contribution < 1.29 is 9.84 Å². The molecule has 2 fully saturated rings. The Morgan fingerprint density at radius 3 is 2.59 bits per heavy atom. The summed E-state index contributed by atoms with van der Waals surface area (Å²) in [6.07, 6.45) is 3.35. The quantitative estimate of drug-likeness (QED) is 0.812. The fraction of sp³-hybridized carbons (Fsp3) is 0.583. The zero-order valence-corrected chi connectivity index (χ0v) is 17.9. The lowest BCUT2D eigenvalue weighted by molar-refractivity contribution is 0.00594. The minimum absolute atomic E-state index is 0.263. The number of ether oxygens (including phenoxy) is 1. The molecule has 1 atom stereocenters. The number of rotatable bonds is 6. The molecule has 5 heteroatoms. The molecule has 0 amide bonds. The molecule has 0 saturated carbocycles. The molecular formula is C24H35N3O2. The largest absolute Gasteiger partial charge is 0.496 e. The molecule has 0 spiro atoms. The first-order chi connectivity index (χ1) is 14.2. The summed E-state index contributed by atoms with van der Waals surface area (Å²) >= 11 is 0. The molecule has 29 heavy (non-hydrogen) atoms. The van der Waals surface area contributed by atoms with E-state index in [2.05, 4.69) is 58.1 Å². The summed E-state index contributed by atoms with van der Waals surface area (Å²) in [6, 6.07) is 13.9. The lowest BCUT2D eigenvalue weighted by atomic mass is 9.97. The fourth-order valence-electron chi connectivity index (χ4n) is 5.18. The zero-order chi connectivity index (χ0) is 20.2. The van der Waals surface area contributed by atoms with Crippen LogP contribution in [0.15, 0.2) is 36.4 Å². The van der Waals surface area contributed by atoms with E-state index >= 15 is 0 Å². The molecular weight excluding hydrogens is 362 g/mol. The number of methoxy groups -OCH3 is 1. The smallest absolute Gasteiger partial charge is 0.123 e. The van der Waals surface area contributed by atoms with Gasteiger partial charge in [-0.3, -0.25) is 9.80 Å². The van der Waals surface area contributed by atoms with Crippen LogP contribution >= 0.6 is 0 Å². The SMILES string of the molecule is COc1ccc2ccccc2c1CN1CCN(C2CCN(C)CC2)[C@@H](CCO)C1. The summed E-state index contributed by atoms with van der Waals surface area (Å²) in [4.78, 5) is 7.68. The van der Waals surface area contributed by atoms with Crippen molar-refractivity contribution in [3.05, 3.63) is 42.0 Å². The highest BCUT2D eigenvalue weighted by Crippen LogP contribution is 2.31. The van der Waals surface area contributed by atoms with Gasteiger partial charge in [0.2, 0.25) is 0 Å². The molecule has 4 rings (SSSR count). The van der Waals surface area contributed by atoms with E-state index in [9.17, 15) is 5.11 Å². The Labute approximate surface area is 174 Å². The van der Waals surface area contributed by atoms with Crippen molar-refractivity contribution >= 4 is 10.8 Å². The van der Waals surface area contributed by atoms with Crippen LogP contribution in [0.1, 0.15) is 24.8 Å². The van der Waals surface area contributed by atoms with Crippen molar-refractivity contribution in [3.63, 3.8) is 0 Å². The number of aliphatic hydroxyl groups is 1. The average molecular weight is 398 g/mol. The van der Waals surface area contributed by atoms with Crippen LogP contribution in [0.5, 0.6) is 5.75 Å². The van der Waals surface area contributed by atoms with Gasteiger partial charge in [-0.25, -0.2) is 0 Å². The van der Waals surface area contributed by atoms with Gasteiger partial charge in [-0.1, -0.05) is 30.3 Å². The maximum absolute atomic E-state index is 9.70. The number of aliphatic hydroxyl groups excluding tert-OH is 1. The minimum Gasteiger partial charge on any atom is -0.496 e. The second-order valence-corrected chi connectivity index (χ2v) is 8.64. The lowest BCUT2D eigenvalue weighted by Gasteiger charge is -2.47. The maximum atomic E-state index is 9.70. The molecule has 1 N–H and O–H groups in total. The zero-order valence-electron chi connectivity index (χ0n) is 17.9. The molecule has 2 aromatic rings. The number of piperidine rings is 1. The molecule has 0 radical (unpaired) electrons. The molecule has 0 aromatic heterocycles. The first kappa shape index (κ1) is 20.6. The molecule has 158 valence electrons. The third-order valence-corrected chi connectivity index (χ3v) is 6.83. The molecule has 0 aliphatic carbocycles. The van der Waals surface area contributed by atoms with Crippen molar-refractivity contribution in [2.75, 3.05) is 53.5 Å². The highest BCUT2D eigenvalue weighted by molar-refractivity contribution is 5.87. The Morgan fingerprint density at radius 2 is 1.83 bits per heavy atom. The summed E-state index contributed by atoms with van der Waals surface area (Å²) < 4.78 is 5.71.